The molecule has 23 heavy (non-hydrogen) atoms. The molecule has 7 heteroatoms. The van der Waals surface area contributed by atoms with E-state index in [9.17, 15) is 9.59 Å². The third kappa shape index (κ3) is 2.70. The highest BCUT2D eigenvalue weighted by atomic mass is 32.1. The molecule has 1 amide bonds. The molecule has 0 bridgehead atoms. The number of carboxylic acids is 1. The van der Waals surface area contributed by atoms with Gasteiger partial charge in [-0.3, -0.25) is 18.9 Å². The van der Waals surface area contributed by atoms with E-state index in [0.29, 0.717) is 11.4 Å². The van der Waals surface area contributed by atoms with E-state index in [1.54, 1.807) is 28.7 Å². The molecule has 0 fully saturated rings. The Labute approximate surface area is 136 Å². The van der Waals surface area contributed by atoms with E-state index < -0.39 is 12.5 Å². The summed E-state index contributed by atoms with van der Waals surface area (Å²) in [4.78, 5) is 31.4. The molecule has 0 unspecified atom stereocenters. The fourth-order valence-corrected chi connectivity index (χ4v) is 3.36. The van der Waals surface area contributed by atoms with E-state index >= 15 is 0 Å². The van der Waals surface area contributed by atoms with Gasteiger partial charge < -0.3 is 5.11 Å². The first kappa shape index (κ1) is 15.2. The lowest BCUT2D eigenvalue weighted by Gasteiger charge is -2.20. The second kappa shape index (κ2) is 5.85. The van der Waals surface area contributed by atoms with E-state index in [0.717, 1.165) is 15.5 Å². The molecule has 0 aliphatic heterocycles. The molecule has 3 rings (SSSR count). The number of carboxylic acid groups (broad SMARTS) is 1. The second-order valence-electron chi connectivity index (χ2n) is 5.13. The molecular formula is C16H15N3O3S. The highest BCUT2D eigenvalue weighted by Gasteiger charge is 2.24. The molecule has 1 N–H and O–H groups in total. The van der Waals surface area contributed by atoms with Crippen LogP contribution in [0.15, 0.2) is 36.5 Å². The van der Waals surface area contributed by atoms with Gasteiger partial charge in [0.2, 0.25) is 0 Å². The van der Waals surface area contributed by atoms with Crippen molar-refractivity contribution in [3.05, 3.63) is 52.8 Å². The molecule has 2 aromatic heterocycles. The van der Waals surface area contributed by atoms with Crippen molar-refractivity contribution < 1.29 is 14.7 Å². The number of thiazole rings is 1. The van der Waals surface area contributed by atoms with Crippen LogP contribution in [-0.4, -0.2) is 32.9 Å². The topological polar surface area (TPSA) is 74.9 Å². The highest BCUT2D eigenvalue weighted by Crippen LogP contribution is 2.24. The molecule has 0 aliphatic rings. The molecule has 2 heterocycles. The van der Waals surface area contributed by atoms with Gasteiger partial charge in [0, 0.05) is 16.3 Å². The summed E-state index contributed by atoms with van der Waals surface area (Å²) >= 11 is 1.50. The van der Waals surface area contributed by atoms with Gasteiger partial charge in [-0.15, -0.1) is 11.3 Å². The lowest BCUT2D eigenvalue weighted by atomic mass is 10.2. The smallest absolute Gasteiger partial charge is 0.323 e. The fourth-order valence-electron chi connectivity index (χ4n) is 2.41. The normalized spacial score (nSPS) is 10.9. The van der Waals surface area contributed by atoms with Gasteiger partial charge in [-0.1, -0.05) is 18.2 Å². The predicted octanol–water partition coefficient (Wildman–Crippen LogP) is 2.74. The average molecular weight is 329 g/mol. The molecule has 0 saturated carbocycles. The minimum absolute atomic E-state index is 0.368. The number of carbonyl (C=O) groups excluding carboxylic acids is 1. The number of aromatic nitrogens is 2. The zero-order valence-electron chi connectivity index (χ0n) is 12.7. The van der Waals surface area contributed by atoms with Crippen molar-refractivity contribution in [1.82, 2.24) is 9.38 Å². The maximum atomic E-state index is 12.9. The van der Waals surface area contributed by atoms with E-state index in [-0.39, 0.29) is 5.91 Å². The first-order valence-electron chi connectivity index (χ1n) is 7.01. The van der Waals surface area contributed by atoms with Gasteiger partial charge in [-0.2, -0.15) is 0 Å². The first-order chi connectivity index (χ1) is 11.0. The van der Waals surface area contributed by atoms with Crippen molar-refractivity contribution in [2.45, 2.75) is 13.8 Å². The summed E-state index contributed by atoms with van der Waals surface area (Å²) in [7, 11) is 0. The van der Waals surface area contributed by atoms with Gasteiger partial charge in [0.15, 0.2) is 4.96 Å². The summed E-state index contributed by atoms with van der Waals surface area (Å²) in [5.41, 5.74) is 1.85. The number of hydrogen-bond donors (Lipinski definition) is 1. The van der Waals surface area contributed by atoms with Crippen LogP contribution in [-0.2, 0) is 4.79 Å². The van der Waals surface area contributed by atoms with Gasteiger partial charge in [-0.25, -0.2) is 4.98 Å². The van der Waals surface area contributed by atoms with Crippen LogP contribution in [0.4, 0.5) is 5.69 Å². The van der Waals surface area contributed by atoms with Crippen LogP contribution >= 0.6 is 11.3 Å². The molecule has 0 saturated heterocycles. The summed E-state index contributed by atoms with van der Waals surface area (Å²) in [6, 6.07) is 8.78. The zero-order chi connectivity index (χ0) is 16.6. The maximum absolute atomic E-state index is 12.9. The Morgan fingerprint density at radius 2 is 1.96 bits per heavy atom. The van der Waals surface area contributed by atoms with Crippen LogP contribution in [0, 0.1) is 13.8 Å². The van der Waals surface area contributed by atoms with Crippen LogP contribution in [0.2, 0.25) is 0 Å². The quantitative estimate of drug-likeness (QED) is 0.798. The molecular weight excluding hydrogens is 314 g/mol. The van der Waals surface area contributed by atoms with Crippen LogP contribution in [0.1, 0.15) is 21.1 Å². The Bertz CT molecular complexity index is 883. The van der Waals surface area contributed by atoms with Gasteiger partial charge in [0.05, 0.1) is 6.20 Å². The third-order valence-electron chi connectivity index (χ3n) is 3.64. The zero-order valence-corrected chi connectivity index (χ0v) is 13.5. The Morgan fingerprint density at radius 3 is 2.61 bits per heavy atom. The number of nitrogens with zero attached hydrogens (tertiary/aromatic N) is 3. The molecule has 118 valence electrons. The molecule has 6 nitrogen and oxygen atoms in total. The maximum Gasteiger partial charge on any atom is 0.323 e. The lowest BCUT2D eigenvalue weighted by molar-refractivity contribution is -0.135. The minimum Gasteiger partial charge on any atom is -0.480 e. The van der Waals surface area contributed by atoms with Crippen molar-refractivity contribution in [3.63, 3.8) is 0 Å². The number of imidazole rings is 1. The monoisotopic (exact) mass is 329 g/mol. The number of anilines is 1. The summed E-state index contributed by atoms with van der Waals surface area (Å²) in [6.45, 7) is 3.48. The van der Waals surface area contributed by atoms with E-state index in [4.69, 9.17) is 5.11 Å². The number of aliphatic carboxylic acids is 1. The summed E-state index contributed by atoms with van der Waals surface area (Å²) < 4.78 is 1.78. The third-order valence-corrected chi connectivity index (χ3v) is 4.72. The minimum atomic E-state index is -1.07. The van der Waals surface area contributed by atoms with Crippen LogP contribution in [0.5, 0.6) is 0 Å². The predicted molar refractivity (Wildman–Crippen MR) is 88.3 cm³/mol. The Hall–Kier alpha value is -2.67. The van der Waals surface area contributed by atoms with Crippen molar-refractivity contribution in [2.24, 2.45) is 0 Å². The Balaban J connectivity index is 2.08. The Morgan fingerprint density at radius 1 is 1.26 bits per heavy atom. The molecule has 0 aliphatic carbocycles. The van der Waals surface area contributed by atoms with Gasteiger partial charge in [0.1, 0.15) is 12.2 Å². The molecule has 0 atom stereocenters. The number of para-hydroxylation sites is 1. The SMILES string of the molecule is Cc1sc2ncc(C(=O)N(CC(=O)O)c3ccccc3)n2c1C. The van der Waals surface area contributed by atoms with Crippen molar-refractivity contribution in [2.75, 3.05) is 11.4 Å². The number of benzene rings is 1. The molecule has 1 aromatic carbocycles. The summed E-state index contributed by atoms with van der Waals surface area (Å²) in [6.07, 6.45) is 1.50. The largest absolute Gasteiger partial charge is 0.480 e. The van der Waals surface area contributed by atoms with Crippen LogP contribution in [0.3, 0.4) is 0 Å². The van der Waals surface area contributed by atoms with E-state index in [1.807, 2.05) is 19.9 Å². The molecule has 0 radical (unpaired) electrons. The number of hydrogen-bond acceptors (Lipinski definition) is 4. The van der Waals surface area contributed by atoms with E-state index in [1.165, 1.54) is 22.4 Å². The fraction of sp³-hybridized carbons (Fsp3) is 0.188. The van der Waals surface area contributed by atoms with Crippen molar-refractivity contribution in [1.29, 1.82) is 0 Å². The highest BCUT2D eigenvalue weighted by molar-refractivity contribution is 7.17. The van der Waals surface area contributed by atoms with Crippen molar-refractivity contribution >= 4 is 33.9 Å². The number of amides is 1. The second-order valence-corrected chi connectivity index (χ2v) is 6.31. The van der Waals surface area contributed by atoms with Crippen LogP contribution in [0.25, 0.3) is 4.96 Å². The number of aryl methyl sites for hydroxylation is 2. The standard InChI is InChI=1S/C16H15N3O3S/c1-10-11(2)23-16-17-8-13(19(10)16)15(22)18(9-14(20)21)12-6-4-3-5-7-12/h3-8H,9H2,1-2H3,(H,20,21). The van der Waals surface area contributed by atoms with Gasteiger partial charge >= 0.3 is 5.97 Å². The average Bonchev–Trinajstić information content (AvgIpc) is 3.06. The summed E-state index contributed by atoms with van der Waals surface area (Å²) in [5.74, 6) is -1.45. The van der Waals surface area contributed by atoms with Crippen LogP contribution < -0.4 is 4.90 Å². The Kier molecular flexibility index (Phi) is 3.87. The number of fused-ring (bicyclic) bond motifs is 1. The van der Waals surface area contributed by atoms with Gasteiger partial charge in [0.25, 0.3) is 5.91 Å². The summed E-state index contributed by atoms with van der Waals surface area (Å²) in [5, 5.41) is 9.15. The first-order valence-corrected chi connectivity index (χ1v) is 7.83. The van der Waals surface area contributed by atoms with Gasteiger partial charge in [-0.05, 0) is 26.0 Å². The number of rotatable bonds is 4. The molecule has 0 spiro atoms. The van der Waals surface area contributed by atoms with E-state index in [2.05, 4.69) is 4.98 Å². The lowest BCUT2D eigenvalue weighted by Crippen LogP contribution is -2.36. The van der Waals surface area contributed by atoms with Crippen molar-refractivity contribution in [3.8, 4) is 0 Å². The number of carbonyl (C=O) groups is 2. The molecule has 3 aromatic rings.